The fourth-order valence-electron chi connectivity index (χ4n) is 2.63. The molecule has 0 aliphatic rings. The molecule has 0 bridgehead atoms. The van der Waals surface area contributed by atoms with Crippen LogP contribution in [0.1, 0.15) is 21.8 Å². The van der Waals surface area contributed by atoms with E-state index in [1.807, 2.05) is 60.7 Å². The number of H-pyrrole nitrogens is 1. The number of carbonyl (C=O) groups is 1. The second kappa shape index (κ2) is 6.49. The largest absolute Gasteiger partial charge is 0.459 e. The first kappa shape index (κ1) is 15.0. The zero-order valence-electron chi connectivity index (χ0n) is 13.3. The molecule has 5 nitrogen and oxygen atoms in total. The molecular formula is C20H15N3O2. The third kappa shape index (κ3) is 3.07. The number of nitrogens with zero attached hydrogens (tertiary/aromatic N) is 1. The number of fused-ring (bicyclic) bond motifs is 1. The summed E-state index contributed by atoms with van der Waals surface area (Å²) in [6.45, 7) is 0. The molecule has 0 aliphatic heterocycles. The van der Waals surface area contributed by atoms with Gasteiger partial charge in [0.1, 0.15) is 0 Å². The van der Waals surface area contributed by atoms with Gasteiger partial charge in [-0.25, -0.2) is 0 Å². The van der Waals surface area contributed by atoms with Crippen molar-refractivity contribution in [2.75, 3.05) is 5.32 Å². The lowest BCUT2D eigenvalue weighted by Gasteiger charge is -2.06. The molecule has 4 aromatic rings. The molecule has 0 spiro atoms. The average Bonchev–Trinajstić information content (AvgIpc) is 3.31. The van der Waals surface area contributed by atoms with E-state index in [0.29, 0.717) is 5.69 Å². The van der Waals surface area contributed by atoms with Crippen LogP contribution in [0.3, 0.4) is 0 Å². The second-order valence-corrected chi connectivity index (χ2v) is 5.51. The van der Waals surface area contributed by atoms with Crippen LogP contribution in [0.15, 0.2) is 71.3 Å². The van der Waals surface area contributed by atoms with Crippen molar-refractivity contribution < 1.29 is 9.21 Å². The Morgan fingerprint density at radius 3 is 2.72 bits per heavy atom. The minimum atomic E-state index is -0.281. The quantitative estimate of drug-likeness (QED) is 0.576. The summed E-state index contributed by atoms with van der Waals surface area (Å²) in [5.41, 5.74) is 3.43. The number of hydrogen-bond donors (Lipinski definition) is 2. The number of carbonyl (C=O) groups excluding carboxylic acids is 1. The fraction of sp³-hybridized carbons (Fsp3) is 0. The molecule has 2 aromatic heterocycles. The van der Waals surface area contributed by atoms with Crippen LogP contribution < -0.4 is 5.32 Å². The summed E-state index contributed by atoms with van der Waals surface area (Å²) in [5, 5.41) is 11.3. The van der Waals surface area contributed by atoms with Crippen molar-refractivity contribution in [2.45, 2.75) is 0 Å². The number of aromatic amines is 1. The van der Waals surface area contributed by atoms with Crippen LogP contribution in [0, 0.1) is 0 Å². The van der Waals surface area contributed by atoms with Gasteiger partial charge >= 0.3 is 0 Å². The molecule has 4 rings (SSSR count). The molecule has 1 amide bonds. The smallest absolute Gasteiger partial charge is 0.291 e. The van der Waals surface area contributed by atoms with E-state index >= 15 is 0 Å². The lowest BCUT2D eigenvalue weighted by atomic mass is 10.1. The average molecular weight is 329 g/mol. The maximum atomic E-state index is 12.2. The summed E-state index contributed by atoms with van der Waals surface area (Å²) in [4.78, 5) is 12.2. The predicted octanol–water partition coefficient (Wildman–Crippen LogP) is 4.58. The zero-order chi connectivity index (χ0) is 17.1. The molecule has 0 unspecified atom stereocenters. The van der Waals surface area contributed by atoms with Gasteiger partial charge in [-0.2, -0.15) is 5.10 Å². The van der Waals surface area contributed by atoms with Crippen molar-refractivity contribution in [1.29, 1.82) is 0 Å². The number of furan rings is 1. The van der Waals surface area contributed by atoms with Crippen molar-refractivity contribution in [1.82, 2.24) is 10.2 Å². The normalized spacial score (nSPS) is 11.2. The molecule has 2 N–H and O–H groups in total. The van der Waals surface area contributed by atoms with Gasteiger partial charge in [-0.1, -0.05) is 42.5 Å². The van der Waals surface area contributed by atoms with E-state index in [2.05, 4.69) is 15.5 Å². The highest BCUT2D eigenvalue weighted by molar-refractivity contribution is 6.03. The number of amides is 1. The molecule has 0 saturated heterocycles. The van der Waals surface area contributed by atoms with E-state index in [-0.39, 0.29) is 11.7 Å². The molecule has 2 heterocycles. The summed E-state index contributed by atoms with van der Waals surface area (Å²) in [6, 6.07) is 18.8. The van der Waals surface area contributed by atoms with E-state index in [9.17, 15) is 4.79 Å². The Balaban J connectivity index is 1.61. The minimum Gasteiger partial charge on any atom is -0.459 e. The highest BCUT2D eigenvalue weighted by Crippen LogP contribution is 2.21. The van der Waals surface area contributed by atoms with Crippen LogP contribution in [-0.2, 0) is 0 Å². The molecule has 2 aromatic carbocycles. The molecule has 25 heavy (non-hydrogen) atoms. The number of nitrogens with one attached hydrogen (secondary N) is 2. The summed E-state index contributed by atoms with van der Waals surface area (Å²) < 4.78 is 5.13. The highest BCUT2D eigenvalue weighted by Gasteiger charge is 2.10. The third-order valence-corrected chi connectivity index (χ3v) is 3.87. The van der Waals surface area contributed by atoms with E-state index in [1.54, 1.807) is 12.1 Å². The van der Waals surface area contributed by atoms with Crippen LogP contribution in [0.4, 0.5) is 5.69 Å². The van der Waals surface area contributed by atoms with Crippen LogP contribution >= 0.6 is 0 Å². The number of rotatable bonds is 4. The predicted molar refractivity (Wildman–Crippen MR) is 98.1 cm³/mol. The first-order valence-electron chi connectivity index (χ1n) is 7.86. The second-order valence-electron chi connectivity index (χ2n) is 5.51. The Hall–Kier alpha value is -3.60. The molecule has 5 heteroatoms. The monoisotopic (exact) mass is 329 g/mol. The standard InChI is InChI=1S/C20H15N3O2/c24-20(19-10-5-13-25-19)21-16-8-3-1-6-14(16)11-12-18-15-7-2-4-9-17(15)22-23-18/h1-13H,(H,21,24)(H,22,23). The van der Waals surface area contributed by atoms with Crippen molar-refractivity contribution >= 4 is 34.6 Å². The van der Waals surface area contributed by atoms with E-state index in [4.69, 9.17) is 4.42 Å². The molecule has 0 atom stereocenters. The Morgan fingerprint density at radius 1 is 1.00 bits per heavy atom. The summed E-state index contributed by atoms with van der Waals surface area (Å²) in [6.07, 6.45) is 5.33. The molecule has 0 fully saturated rings. The van der Waals surface area contributed by atoms with Crippen molar-refractivity contribution in [3.63, 3.8) is 0 Å². The van der Waals surface area contributed by atoms with Gasteiger partial charge in [0.2, 0.25) is 0 Å². The van der Waals surface area contributed by atoms with Gasteiger partial charge in [0.05, 0.1) is 17.5 Å². The Labute approximate surface area is 144 Å². The Bertz CT molecular complexity index is 1050. The first-order chi connectivity index (χ1) is 12.3. The summed E-state index contributed by atoms with van der Waals surface area (Å²) in [5.74, 6) is -0.00635. The Morgan fingerprint density at radius 2 is 1.84 bits per heavy atom. The van der Waals surface area contributed by atoms with Gasteiger partial charge < -0.3 is 9.73 Å². The molecular weight excluding hydrogens is 314 g/mol. The fourth-order valence-corrected chi connectivity index (χ4v) is 2.63. The maximum absolute atomic E-state index is 12.2. The number of aromatic nitrogens is 2. The topological polar surface area (TPSA) is 70.9 Å². The highest BCUT2D eigenvalue weighted by atomic mass is 16.3. The number of para-hydroxylation sites is 2. The van der Waals surface area contributed by atoms with Crippen LogP contribution in [0.2, 0.25) is 0 Å². The van der Waals surface area contributed by atoms with Gasteiger partial charge in [-0.3, -0.25) is 9.89 Å². The lowest BCUT2D eigenvalue weighted by molar-refractivity contribution is 0.0996. The van der Waals surface area contributed by atoms with Gasteiger partial charge in [0, 0.05) is 11.1 Å². The summed E-state index contributed by atoms with van der Waals surface area (Å²) in [7, 11) is 0. The van der Waals surface area contributed by atoms with Crippen LogP contribution in [0.25, 0.3) is 23.1 Å². The minimum absolute atomic E-state index is 0.275. The molecule has 0 radical (unpaired) electrons. The van der Waals surface area contributed by atoms with Gasteiger partial charge in [-0.15, -0.1) is 0 Å². The van der Waals surface area contributed by atoms with Crippen molar-refractivity contribution in [3.05, 3.63) is 83.9 Å². The van der Waals surface area contributed by atoms with E-state index < -0.39 is 0 Å². The van der Waals surface area contributed by atoms with Gasteiger partial charge in [0.15, 0.2) is 5.76 Å². The summed E-state index contributed by atoms with van der Waals surface area (Å²) >= 11 is 0. The van der Waals surface area contributed by atoms with Gasteiger partial charge in [0.25, 0.3) is 5.91 Å². The SMILES string of the molecule is O=C(Nc1ccccc1C=Cc1n[nH]c2ccccc12)c1ccco1. The number of hydrogen-bond acceptors (Lipinski definition) is 3. The Kier molecular flexibility index (Phi) is 3.88. The number of benzene rings is 2. The van der Waals surface area contributed by atoms with Crippen molar-refractivity contribution in [2.24, 2.45) is 0 Å². The van der Waals surface area contributed by atoms with Crippen molar-refractivity contribution in [3.8, 4) is 0 Å². The van der Waals surface area contributed by atoms with Gasteiger partial charge in [-0.05, 0) is 35.9 Å². The van der Waals surface area contributed by atoms with Crippen LogP contribution in [0.5, 0.6) is 0 Å². The maximum Gasteiger partial charge on any atom is 0.291 e. The molecule has 0 saturated carbocycles. The molecule has 0 aliphatic carbocycles. The third-order valence-electron chi connectivity index (χ3n) is 3.87. The van der Waals surface area contributed by atoms with Crippen LogP contribution in [-0.4, -0.2) is 16.1 Å². The molecule has 122 valence electrons. The zero-order valence-corrected chi connectivity index (χ0v) is 13.3. The van der Waals surface area contributed by atoms with E-state index in [0.717, 1.165) is 22.2 Å². The first-order valence-corrected chi connectivity index (χ1v) is 7.86. The van der Waals surface area contributed by atoms with E-state index in [1.165, 1.54) is 6.26 Å². The number of anilines is 1. The lowest BCUT2D eigenvalue weighted by Crippen LogP contribution is -2.11.